The highest BCUT2D eigenvalue weighted by Gasteiger charge is 2.40. The third kappa shape index (κ3) is 3.21. The van der Waals surface area contributed by atoms with E-state index in [2.05, 4.69) is 5.32 Å². The Morgan fingerprint density at radius 1 is 0.828 bits per heavy atom. The quantitative estimate of drug-likeness (QED) is 0.640. The fourth-order valence-electron chi connectivity index (χ4n) is 3.77. The zero-order chi connectivity index (χ0) is 20.7. The Labute approximate surface area is 170 Å². The van der Waals surface area contributed by atoms with Gasteiger partial charge in [-0.2, -0.15) is 0 Å². The van der Waals surface area contributed by atoms with Crippen molar-refractivity contribution in [2.75, 3.05) is 5.32 Å². The number of anilines is 1. The van der Waals surface area contributed by atoms with Gasteiger partial charge in [0, 0.05) is 17.1 Å². The molecule has 0 saturated heterocycles. The Hall–Kier alpha value is -3.40. The van der Waals surface area contributed by atoms with Crippen LogP contribution in [0, 0.1) is 13.8 Å². The highest BCUT2D eigenvalue weighted by molar-refractivity contribution is 6.36. The topological polar surface area (TPSA) is 49.4 Å². The predicted molar refractivity (Wildman–Crippen MR) is 117 cm³/mol. The molecule has 3 aromatic rings. The van der Waals surface area contributed by atoms with Gasteiger partial charge < -0.3 is 5.32 Å². The molecule has 29 heavy (non-hydrogen) atoms. The first-order valence-corrected chi connectivity index (χ1v) is 9.83. The Morgan fingerprint density at radius 3 is 2.28 bits per heavy atom. The van der Waals surface area contributed by atoms with Crippen LogP contribution in [-0.2, 0) is 9.59 Å². The summed E-state index contributed by atoms with van der Waals surface area (Å²) in [5.74, 6) is -0.540. The summed E-state index contributed by atoms with van der Waals surface area (Å²) < 4.78 is 0. The van der Waals surface area contributed by atoms with Gasteiger partial charge in [0.25, 0.3) is 11.8 Å². The second-order valence-electron chi connectivity index (χ2n) is 7.77. The van der Waals surface area contributed by atoms with Crippen molar-refractivity contribution < 1.29 is 9.59 Å². The molecule has 1 aliphatic heterocycles. The van der Waals surface area contributed by atoms with Crippen molar-refractivity contribution in [2.24, 2.45) is 0 Å². The number of rotatable bonds is 4. The molecular formula is C25H24N2O2. The number of nitrogens with one attached hydrogen (secondary N) is 1. The van der Waals surface area contributed by atoms with Crippen molar-refractivity contribution in [1.29, 1.82) is 0 Å². The van der Waals surface area contributed by atoms with E-state index in [1.165, 1.54) is 4.90 Å². The molecule has 0 saturated carbocycles. The van der Waals surface area contributed by atoms with E-state index < -0.39 is 0 Å². The third-order valence-electron chi connectivity index (χ3n) is 5.48. The van der Waals surface area contributed by atoms with Crippen LogP contribution in [0.15, 0.2) is 66.4 Å². The number of hydrogen-bond acceptors (Lipinski definition) is 3. The molecule has 0 fully saturated rings. The van der Waals surface area contributed by atoms with Crippen molar-refractivity contribution in [2.45, 2.75) is 33.7 Å². The summed E-state index contributed by atoms with van der Waals surface area (Å²) in [5, 5.41) is 5.38. The number of hydrogen-bond donors (Lipinski definition) is 1. The lowest BCUT2D eigenvalue weighted by Crippen LogP contribution is -2.38. The van der Waals surface area contributed by atoms with Crippen LogP contribution in [0.5, 0.6) is 0 Å². The van der Waals surface area contributed by atoms with Crippen molar-refractivity contribution in [1.82, 2.24) is 4.90 Å². The summed E-state index contributed by atoms with van der Waals surface area (Å²) in [4.78, 5) is 27.8. The predicted octanol–water partition coefficient (Wildman–Crippen LogP) is 5.06. The van der Waals surface area contributed by atoms with Crippen LogP contribution < -0.4 is 5.32 Å². The number of fused-ring (bicyclic) bond motifs is 1. The van der Waals surface area contributed by atoms with Gasteiger partial charge in [-0.05, 0) is 55.8 Å². The molecular weight excluding hydrogens is 360 g/mol. The second-order valence-corrected chi connectivity index (χ2v) is 7.77. The highest BCUT2D eigenvalue weighted by atomic mass is 16.2. The Kier molecular flexibility index (Phi) is 4.71. The minimum absolute atomic E-state index is 0.219. The lowest BCUT2D eigenvalue weighted by molar-refractivity contribution is -0.138. The van der Waals surface area contributed by atoms with Gasteiger partial charge in [-0.3, -0.25) is 14.5 Å². The molecule has 0 aliphatic carbocycles. The second kappa shape index (κ2) is 7.21. The van der Waals surface area contributed by atoms with Gasteiger partial charge in [-0.15, -0.1) is 0 Å². The maximum absolute atomic E-state index is 13.2. The van der Waals surface area contributed by atoms with E-state index in [9.17, 15) is 9.59 Å². The Morgan fingerprint density at radius 2 is 1.55 bits per heavy atom. The number of nitrogens with zero attached hydrogens (tertiary/aromatic N) is 1. The molecule has 0 atom stereocenters. The first kappa shape index (κ1) is 18.9. The van der Waals surface area contributed by atoms with Gasteiger partial charge in [-0.1, -0.05) is 54.6 Å². The van der Waals surface area contributed by atoms with E-state index in [4.69, 9.17) is 0 Å². The fourth-order valence-corrected chi connectivity index (χ4v) is 3.77. The van der Waals surface area contributed by atoms with E-state index in [1.54, 1.807) is 0 Å². The molecule has 0 bridgehead atoms. The molecule has 1 N–H and O–H groups in total. The van der Waals surface area contributed by atoms with Crippen LogP contribution >= 0.6 is 0 Å². The molecule has 1 aliphatic rings. The molecule has 0 spiro atoms. The highest BCUT2D eigenvalue weighted by Crippen LogP contribution is 2.34. The monoisotopic (exact) mass is 384 g/mol. The number of carbonyl (C=O) groups excluding carboxylic acids is 2. The van der Waals surface area contributed by atoms with Crippen LogP contribution in [0.2, 0.25) is 0 Å². The molecule has 1 heterocycles. The third-order valence-corrected chi connectivity index (χ3v) is 5.48. The van der Waals surface area contributed by atoms with E-state index in [-0.39, 0.29) is 17.9 Å². The summed E-state index contributed by atoms with van der Waals surface area (Å²) in [5.41, 5.74) is 4.57. The number of carbonyl (C=O) groups is 2. The van der Waals surface area contributed by atoms with Crippen LogP contribution in [0.25, 0.3) is 16.3 Å². The lowest BCUT2D eigenvalue weighted by atomic mass is 9.99. The Bertz CT molecular complexity index is 1170. The first-order chi connectivity index (χ1) is 13.9. The van der Waals surface area contributed by atoms with E-state index >= 15 is 0 Å². The number of amides is 2. The summed E-state index contributed by atoms with van der Waals surface area (Å²) in [6, 6.07) is 19.6. The maximum atomic E-state index is 13.2. The van der Waals surface area contributed by atoms with E-state index in [0.717, 1.165) is 33.2 Å². The van der Waals surface area contributed by atoms with Crippen molar-refractivity contribution in [3.63, 3.8) is 0 Å². The van der Waals surface area contributed by atoms with Crippen molar-refractivity contribution >= 4 is 33.8 Å². The average Bonchev–Trinajstić information content (AvgIpc) is 2.94. The minimum atomic E-state index is -0.286. The van der Waals surface area contributed by atoms with Gasteiger partial charge in [0.15, 0.2) is 0 Å². The molecule has 4 nitrogen and oxygen atoms in total. The summed E-state index contributed by atoms with van der Waals surface area (Å²) in [6.45, 7) is 7.76. The average molecular weight is 384 g/mol. The largest absolute Gasteiger partial charge is 0.350 e. The molecule has 0 radical (unpaired) electrons. The molecule has 0 unspecified atom stereocenters. The smallest absolute Gasteiger partial charge is 0.278 e. The number of imide groups is 1. The molecule has 4 rings (SSSR count). The molecule has 2 amide bonds. The number of aryl methyl sites for hydroxylation is 2. The standard InChI is InChI=1S/C25H24N2O2/c1-15(2)27-24(28)22(19-13-12-16(3)17(4)14-19)23(25(27)29)26-21-11-7-9-18-8-5-6-10-20(18)21/h5-15,26H,1-4H3. The Balaban J connectivity index is 1.89. The fraction of sp³-hybridized carbons (Fsp3) is 0.200. The van der Waals surface area contributed by atoms with Gasteiger partial charge in [-0.25, -0.2) is 0 Å². The van der Waals surface area contributed by atoms with E-state index in [1.807, 2.05) is 88.4 Å². The van der Waals surface area contributed by atoms with Crippen LogP contribution in [-0.4, -0.2) is 22.8 Å². The molecule has 4 heteroatoms. The van der Waals surface area contributed by atoms with Crippen LogP contribution in [0.3, 0.4) is 0 Å². The minimum Gasteiger partial charge on any atom is -0.350 e. The summed E-state index contributed by atoms with van der Waals surface area (Å²) in [7, 11) is 0. The van der Waals surface area contributed by atoms with Gasteiger partial charge in [0.1, 0.15) is 5.70 Å². The molecule has 146 valence electrons. The van der Waals surface area contributed by atoms with Crippen molar-refractivity contribution in [3.8, 4) is 0 Å². The summed E-state index contributed by atoms with van der Waals surface area (Å²) in [6.07, 6.45) is 0. The van der Waals surface area contributed by atoms with Crippen LogP contribution in [0.4, 0.5) is 5.69 Å². The number of benzene rings is 3. The molecule has 0 aromatic heterocycles. The summed E-state index contributed by atoms with van der Waals surface area (Å²) >= 11 is 0. The maximum Gasteiger partial charge on any atom is 0.278 e. The normalized spacial score (nSPS) is 14.4. The zero-order valence-corrected chi connectivity index (χ0v) is 17.1. The first-order valence-electron chi connectivity index (χ1n) is 9.83. The van der Waals surface area contributed by atoms with Crippen LogP contribution in [0.1, 0.15) is 30.5 Å². The van der Waals surface area contributed by atoms with Gasteiger partial charge >= 0.3 is 0 Å². The molecule has 3 aromatic carbocycles. The van der Waals surface area contributed by atoms with Crippen molar-refractivity contribution in [3.05, 3.63) is 83.1 Å². The van der Waals surface area contributed by atoms with Gasteiger partial charge in [0.05, 0.1) is 5.57 Å². The SMILES string of the molecule is Cc1ccc(C2=C(Nc3cccc4ccccc34)C(=O)N(C(C)C)C2=O)cc1C. The van der Waals surface area contributed by atoms with E-state index in [0.29, 0.717) is 11.3 Å². The zero-order valence-electron chi connectivity index (χ0n) is 17.1. The lowest BCUT2D eigenvalue weighted by Gasteiger charge is -2.19. The van der Waals surface area contributed by atoms with Gasteiger partial charge in [0.2, 0.25) is 0 Å².